The molecule has 0 bridgehead atoms. The fourth-order valence-corrected chi connectivity index (χ4v) is 5.98. The van der Waals surface area contributed by atoms with Crippen molar-refractivity contribution in [1.29, 1.82) is 0 Å². The second-order valence-corrected chi connectivity index (χ2v) is 14.0. The molecule has 2 atom stereocenters. The third-order valence-corrected chi connectivity index (χ3v) is 9.22. The van der Waals surface area contributed by atoms with Gasteiger partial charge < -0.3 is 20.3 Å². The number of nitrogens with one attached hydrogen (secondary N) is 1. The largest absolute Gasteiger partial charge is 0.466 e. The maximum absolute atomic E-state index is 12.3. The molecular formula is C42H79NO5. The van der Waals surface area contributed by atoms with Crippen LogP contribution in [0.5, 0.6) is 0 Å². The minimum Gasteiger partial charge on any atom is -0.466 e. The molecule has 6 nitrogen and oxygen atoms in total. The van der Waals surface area contributed by atoms with Gasteiger partial charge in [-0.3, -0.25) is 9.59 Å². The van der Waals surface area contributed by atoms with Gasteiger partial charge in [0.1, 0.15) is 0 Å². The number of aliphatic hydroxyl groups excluding tert-OH is 2. The molecule has 1 amide bonds. The summed E-state index contributed by atoms with van der Waals surface area (Å²) >= 11 is 0. The smallest absolute Gasteiger partial charge is 0.305 e. The third-order valence-electron chi connectivity index (χ3n) is 9.22. The molecule has 0 spiro atoms. The molecule has 6 heteroatoms. The molecule has 0 radical (unpaired) electrons. The molecule has 0 aromatic carbocycles. The monoisotopic (exact) mass is 678 g/mol. The highest BCUT2D eigenvalue weighted by molar-refractivity contribution is 5.76. The molecule has 48 heavy (non-hydrogen) atoms. The summed E-state index contributed by atoms with van der Waals surface area (Å²) in [5, 5.41) is 22.8. The van der Waals surface area contributed by atoms with E-state index in [0.29, 0.717) is 19.4 Å². The normalized spacial score (nSPS) is 13.0. The number of allylic oxidation sites excluding steroid dienone is 3. The van der Waals surface area contributed by atoms with Gasteiger partial charge in [-0.1, -0.05) is 160 Å². The van der Waals surface area contributed by atoms with Gasteiger partial charge in [0.2, 0.25) is 5.91 Å². The fraction of sp³-hybridized carbons (Fsp3) is 0.857. The minimum atomic E-state index is -0.858. The number of aliphatic hydroxyl groups is 2. The van der Waals surface area contributed by atoms with Gasteiger partial charge in [-0.2, -0.15) is 0 Å². The van der Waals surface area contributed by atoms with Crippen molar-refractivity contribution in [2.24, 2.45) is 0 Å². The summed E-state index contributed by atoms with van der Waals surface area (Å²) in [7, 11) is 0. The van der Waals surface area contributed by atoms with Crippen LogP contribution >= 0.6 is 0 Å². The Morgan fingerprint density at radius 2 is 0.979 bits per heavy atom. The lowest BCUT2D eigenvalue weighted by molar-refractivity contribution is -0.143. The van der Waals surface area contributed by atoms with E-state index in [1.807, 2.05) is 6.08 Å². The molecule has 0 aromatic heterocycles. The molecule has 2 unspecified atom stereocenters. The molecule has 0 saturated carbocycles. The zero-order valence-corrected chi connectivity index (χ0v) is 31.7. The standard InChI is InChI=1S/C42H79NO5/c1-3-5-7-9-11-13-15-20-24-28-32-36-42(47)48-37-33-29-25-21-17-14-16-19-23-27-31-35-41(46)43-39(38-44)40(45)34-30-26-22-18-12-10-8-6-4-2/h17,21,30,34,39-40,44-45H,3-16,18-20,22-29,31-33,35-38H2,1-2H3,(H,43,46)/b21-17-,34-30+. The lowest BCUT2D eigenvalue weighted by Crippen LogP contribution is -2.45. The van der Waals surface area contributed by atoms with Crippen molar-refractivity contribution in [1.82, 2.24) is 5.32 Å². The van der Waals surface area contributed by atoms with Crippen LogP contribution in [0.4, 0.5) is 0 Å². The zero-order chi connectivity index (χ0) is 35.2. The van der Waals surface area contributed by atoms with Crippen LogP contribution in [0.15, 0.2) is 24.3 Å². The SMILES string of the molecule is CCCCCCCCC/C=C/C(O)C(CO)NC(=O)CCCCCCC/C=C\CCCCOC(=O)CCCCCCCCCCCCC. The van der Waals surface area contributed by atoms with Gasteiger partial charge in [0.15, 0.2) is 0 Å². The summed E-state index contributed by atoms with van der Waals surface area (Å²) in [5.74, 6) is -0.136. The Morgan fingerprint density at radius 1 is 0.562 bits per heavy atom. The number of hydrogen-bond acceptors (Lipinski definition) is 5. The number of hydrogen-bond donors (Lipinski definition) is 3. The Kier molecular flexibility index (Phi) is 36.8. The van der Waals surface area contributed by atoms with Crippen molar-refractivity contribution < 1.29 is 24.5 Å². The van der Waals surface area contributed by atoms with Crippen molar-refractivity contribution in [3.63, 3.8) is 0 Å². The summed E-state index contributed by atoms with van der Waals surface area (Å²) in [6, 6.07) is -0.645. The van der Waals surface area contributed by atoms with Crippen molar-refractivity contribution in [3.8, 4) is 0 Å². The summed E-state index contributed by atoms with van der Waals surface area (Å²) < 4.78 is 5.40. The highest BCUT2D eigenvalue weighted by atomic mass is 16.5. The predicted octanol–water partition coefficient (Wildman–Crippen LogP) is 11.2. The van der Waals surface area contributed by atoms with Gasteiger partial charge in [-0.15, -0.1) is 0 Å². The fourth-order valence-electron chi connectivity index (χ4n) is 5.98. The molecule has 0 rings (SSSR count). The molecule has 0 aromatic rings. The van der Waals surface area contributed by atoms with E-state index in [1.165, 1.54) is 96.3 Å². The van der Waals surface area contributed by atoms with E-state index in [-0.39, 0.29) is 18.5 Å². The summed E-state index contributed by atoms with van der Waals surface area (Å²) in [6.45, 7) is 4.77. The van der Waals surface area contributed by atoms with E-state index in [9.17, 15) is 19.8 Å². The number of carbonyl (C=O) groups is 2. The number of carbonyl (C=O) groups excluding carboxylic acids is 2. The van der Waals surface area contributed by atoms with Crippen LogP contribution in [-0.2, 0) is 14.3 Å². The van der Waals surface area contributed by atoms with Gasteiger partial charge in [0.05, 0.1) is 25.4 Å². The van der Waals surface area contributed by atoms with E-state index in [0.717, 1.165) is 83.5 Å². The van der Waals surface area contributed by atoms with Crippen LogP contribution in [0, 0.1) is 0 Å². The summed E-state index contributed by atoms with van der Waals surface area (Å²) in [6.07, 6.45) is 41.6. The van der Waals surface area contributed by atoms with Gasteiger partial charge >= 0.3 is 5.97 Å². The average molecular weight is 678 g/mol. The van der Waals surface area contributed by atoms with Crippen molar-refractivity contribution in [2.75, 3.05) is 13.2 Å². The van der Waals surface area contributed by atoms with Gasteiger partial charge in [-0.25, -0.2) is 0 Å². The zero-order valence-electron chi connectivity index (χ0n) is 31.7. The second-order valence-electron chi connectivity index (χ2n) is 14.0. The molecule has 0 fully saturated rings. The Bertz CT molecular complexity index is 752. The first kappa shape index (κ1) is 46.3. The summed E-state index contributed by atoms with van der Waals surface area (Å²) in [5.41, 5.74) is 0. The van der Waals surface area contributed by atoms with Gasteiger partial charge in [-0.05, 0) is 57.8 Å². The highest BCUT2D eigenvalue weighted by Gasteiger charge is 2.17. The first-order chi connectivity index (χ1) is 23.5. The number of esters is 1. The van der Waals surface area contributed by atoms with Crippen LogP contribution in [0.1, 0.15) is 206 Å². The molecule has 0 saturated heterocycles. The Morgan fingerprint density at radius 3 is 1.48 bits per heavy atom. The molecule has 0 aliphatic rings. The first-order valence-electron chi connectivity index (χ1n) is 20.6. The lowest BCUT2D eigenvalue weighted by Gasteiger charge is -2.20. The van der Waals surface area contributed by atoms with E-state index < -0.39 is 12.1 Å². The van der Waals surface area contributed by atoms with E-state index in [4.69, 9.17) is 4.74 Å². The van der Waals surface area contributed by atoms with Crippen LogP contribution in [-0.4, -0.2) is 47.4 Å². The van der Waals surface area contributed by atoms with Crippen molar-refractivity contribution in [3.05, 3.63) is 24.3 Å². The Labute approximate surface area is 297 Å². The highest BCUT2D eigenvalue weighted by Crippen LogP contribution is 2.13. The number of amides is 1. The minimum absolute atomic E-state index is 0.0349. The number of ether oxygens (including phenoxy) is 1. The quantitative estimate of drug-likeness (QED) is 0.0345. The van der Waals surface area contributed by atoms with Crippen LogP contribution in [0.3, 0.4) is 0 Å². The Balaban J connectivity index is 3.56. The van der Waals surface area contributed by atoms with E-state index in [1.54, 1.807) is 6.08 Å². The maximum atomic E-state index is 12.3. The van der Waals surface area contributed by atoms with Crippen molar-refractivity contribution >= 4 is 11.9 Å². The molecule has 0 heterocycles. The molecule has 282 valence electrons. The number of unbranched alkanes of at least 4 members (excludes halogenated alkanes) is 24. The van der Waals surface area contributed by atoms with Gasteiger partial charge in [0.25, 0.3) is 0 Å². The Hall–Kier alpha value is -1.66. The first-order valence-corrected chi connectivity index (χ1v) is 20.6. The lowest BCUT2D eigenvalue weighted by atomic mass is 10.1. The molecule has 0 aliphatic heterocycles. The maximum Gasteiger partial charge on any atom is 0.305 e. The molecular weight excluding hydrogens is 598 g/mol. The van der Waals surface area contributed by atoms with E-state index >= 15 is 0 Å². The van der Waals surface area contributed by atoms with Crippen LogP contribution in [0.25, 0.3) is 0 Å². The van der Waals surface area contributed by atoms with Crippen molar-refractivity contribution in [2.45, 2.75) is 219 Å². The number of rotatable bonds is 37. The van der Waals surface area contributed by atoms with Crippen LogP contribution in [0.2, 0.25) is 0 Å². The van der Waals surface area contributed by atoms with Crippen LogP contribution < -0.4 is 5.32 Å². The third kappa shape index (κ3) is 34.2. The topological polar surface area (TPSA) is 95.9 Å². The molecule has 3 N–H and O–H groups in total. The predicted molar refractivity (Wildman–Crippen MR) is 204 cm³/mol. The van der Waals surface area contributed by atoms with E-state index in [2.05, 4.69) is 31.3 Å². The van der Waals surface area contributed by atoms with Gasteiger partial charge in [0, 0.05) is 12.8 Å². The molecule has 0 aliphatic carbocycles. The average Bonchev–Trinajstić information content (AvgIpc) is 3.08. The second kappa shape index (κ2) is 38.1. The summed E-state index contributed by atoms with van der Waals surface area (Å²) in [4.78, 5) is 24.2.